The lowest BCUT2D eigenvalue weighted by molar-refractivity contribution is -0.154. The minimum absolute atomic E-state index is 0.0186. The van der Waals surface area contributed by atoms with Crippen LogP contribution in [0.4, 0.5) is 0 Å². The van der Waals surface area contributed by atoms with Gasteiger partial charge in [0.2, 0.25) is 5.91 Å². The van der Waals surface area contributed by atoms with E-state index in [1.165, 1.54) is 25.6 Å². The summed E-state index contributed by atoms with van der Waals surface area (Å²) in [6.07, 6.45) is 3.54. The highest BCUT2D eigenvalue weighted by Crippen LogP contribution is 2.09. The van der Waals surface area contributed by atoms with Gasteiger partial charge in [-0.15, -0.1) is 0 Å². The number of pyridine rings is 1. The highest BCUT2D eigenvalue weighted by molar-refractivity contribution is 7.99. The summed E-state index contributed by atoms with van der Waals surface area (Å²) in [6, 6.07) is 3.10. The maximum Gasteiger partial charge on any atom is 0.303 e. The van der Waals surface area contributed by atoms with E-state index >= 15 is 0 Å². The predicted octanol–water partition coefficient (Wildman–Crippen LogP) is 0.296. The van der Waals surface area contributed by atoms with Crippen molar-refractivity contribution in [3.8, 4) is 0 Å². The first-order valence-electron chi connectivity index (χ1n) is 8.19. The first-order chi connectivity index (χ1) is 12.4. The number of hydrogen-bond acceptors (Lipinski definition) is 8. The number of nitrogens with two attached hydrogens (primary N) is 1. The van der Waals surface area contributed by atoms with Crippen LogP contribution in [-0.2, 0) is 30.3 Å². The highest BCUT2D eigenvalue weighted by atomic mass is 32.2. The van der Waals surface area contributed by atoms with Crippen molar-refractivity contribution >= 4 is 29.6 Å². The van der Waals surface area contributed by atoms with Gasteiger partial charge in [-0.25, -0.2) is 0 Å². The number of nitrogens with one attached hydrogen (secondary N) is 1. The van der Waals surface area contributed by atoms with Crippen molar-refractivity contribution in [1.82, 2.24) is 10.3 Å². The van der Waals surface area contributed by atoms with Crippen molar-refractivity contribution in [2.24, 2.45) is 5.73 Å². The molecule has 0 aliphatic carbocycles. The molecule has 0 unspecified atom stereocenters. The van der Waals surface area contributed by atoms with Crippen molar-refractivity contribution < 1.29 is 23.9 Å². The van der Waals surface area contributed by atoms with Crippen molar-refractivity contribution in [3.05, 3.63) is 30.1 Å². The van der Waals surface area contributed by atoms with Crippen LogP contribution in [0, 0.1) is 0 Å². The SMILES string of the molecule is CC(=O)OC[C@H](CSC[C@H](N)C(=O)NCCc1ccncc1)OC(C)=O. The Morgan fingerprint density at radius 2 is 1.88 bits per heavy atom. The zero-order valence-electron chi connectivity index (χ0n) is 15.0. The van der Waals surface area contributed by atoms with Gasteiger partial charge in [0, 0.05) is 44.3 Å². The zero-order valence-corrected chi connectivity index (χ0v) is 15.8. The molecule has 0 spiro atoms. The molecule has 0 aliphatic heterocycles. The van der Waals surface area contributed by atoms with Crippen LogP contribution in [0.2, 0.25) is 0 Å². The number of carbonyl (C=O) groups excluding carboxylic acids is 3. The molecule has 0 aromatic carbocycles. The number of amides is 1. The molecule has 26 heavy (non-hydrogen) atoms. The van der Waals surface area contributed by atoms with E-state index < -0.39 is 24.1 Å². The summed E-state index contributed by atoms with van der Waals surface area (Å²) in [4.78, 5) is 37.9. The van der Waals surface area contributed by atoms with Crippen LogP contribution in [0.15, 0.2) is 24.5 Å². The molecule has 2 atom stereocenters. The molecule has 1 amide bonds. The van der Waals surface area contributed by atoms with Gasteiger partial charge in [0.05, 0.1) is 6.04 Å². The molecule has 8 nitrogen and oxygen atoms in total. The standard InChI is InChI=1S/C17H25N3O5S/c1-12(21)24-9-15(25-13(2)22)10-26-11-16(18)17(23)20-8-5-14-3-6-19-7-4-14/h3-4,6-7,15-16H,5,8-11,18H2,1-2H3,(H,20,23)/t15-,16+/m1/s1. The number of esters is 2. The molecule has 3 N–H and O–H groups in total. The van der Waals surface area contributed by atoms with Crippen LogP contribution in [0.5, 0.6) is 0 Å². The smallest absolute Gasteiger partial charge is 0.303 e. The van der Waals surface area contributed by atoms with Gasteiger partial charge in [0.1, 0.15) is 12.7 Å². The van der Waals surface area contributed by atoms with Gasteiger partial charge in [-0.05, 0) is 24.1 Å². The molecule has 0 saturated heterocycles. The van der Waals surface area contributed by atoms with Gasteiger partial charge >= 0.3 is 11.9 Å². The third-order valence-electron chi connectivity index (χ3n) is 3.21. The fourth-order valence-corrected chi connectivity index (χ4v) is 2.94. The van der Waals surface area contributed by atoms with E-state index in [0.29, 0.717) is 24.5 Å². The Balaban J connectivity index is 2.27. The lowest BCUT2D eigenvalue weighted by Gasteiger charge is -2.17. The van der Waals surface area contributed by atoms with Crippen LogP contribution < -0.4 is 11.1 Å². The maximum absolute atomic E-state index is 12.0. The number of rotatable bonds is 11. The number of ether oxygens (including phenoxy) is 2. The molecule has 1 rings (SSSR count). The average molecular weight is 383 g/mol. The summed E-state index contributed by atoms with van der Waals surface area (Å²) < 4.78 is 9.93. The summed E-state index contributed by atoms with van der Waals surface area (Å²) in [7, 11) is 0. The van der Waals surface area contributed by atoms with Gasteiger partial charge in [-0.1, -0.05) is 0 Å². The lowest BCUT2D eigenvalue weighted by Crippen LogP contribution is -2.43. The molecule has 1 heterocycles. The number of aromatic nitrogens is 1. The van der Waals surface area contributed by atoms with Crippen molar-refractivity contribution in [2.75, 3.05) is 24.7 Å². The van der Waals surface area contributed by atoms with Gasteiger partial charge in [0.25, 0.3) is 0 Å². The highest BCUT2D eigenvalue weighted by Gasteiger charge is 2.17. The van der Waals surface area contributed by atoms with Gasteiger partial charge in [-0.3, -0.25) is 19.4 Å². The van der Waals surface area contributed by atoms with Crippen LogP contribution in [0.25, 0.3) is 0 Å². The topological polar surface area (TPSA) is 121 Å². The lowest BCUT2D eigenvalue weighted by atomic mass is 10.2. The Hall–Kier alpha value is -2.13. The summed E-state index contributed by atoms with van der Waals surface area (Å²) in [5.41, 5.74) is 6.95. The second-order valence-corrected chi connectivity index (χ2v) is 6.65. The van der Waals surface area contributed by atoms with E-state index in [-0.39, 0.29) is 12.5 Å². The van der Waals surface area contributed by atoms with E-state index in [0.717, 1.165) is 5.56 Å². The molecule has 0 fully saturated rings. The Morgan fingerprint density at radius 1 is 1.19 bits per heavy atom. The molecule has 1 aromatic heterocycles. The molecule has 1 aromatic rings. The minimum atomic E-state index is -0.677. The average Bonchev–Trinajstić information content (AvgIpc) is 2.59. The predicted molar refractivity (Wildman–Crippen MR) is 98.4 cm³/mol. The van der Waals surface area contributed by atoms with Crippen molar-refractivity contribution in [3.63, 3.8) is 0 Å². The van der Waals surface area contributed by atoms with Gasteiger partial charge in [0.15, 0.2) is 0 Å². The second kappa shape index (κ2) is 12.3. The molecular weight excluding hydrogens is 358 g/mol. The number of nitrogens with zero attached hydrogens (tertiary/aromatic N) is 1. The van der Waals surface area contributed by atoms with Crippen LogP contribution in [-0.4, -0.2) is 59.6 Å². The number of hydrogen-bond donors (Lipinski definition) is 2. The summed E-state index contributed by atoms with van der Waals surface area (Å²) in [6.45, 7) is 3.04. The van der Waals surface area contributed by atoms with E-state index in [1.54, 1.807) is 12.4 Å². The van der Waals surface area contributed by atoms with Crippen molar-refractivity contribution in [1.29, 1.82) is 0 Å². The fraction of sp³-hybridized carbons (Fsp3) is 0.529. The summed E-state index contributed by atoms with van der Waals surface area (Å²) in [5.74, 6) is -0.405. The third-order valence-corrected chi connectivity index (χ3v) is 4.41. The zero-order chi connectivity index (χ0) is 19.4. The van der Waals surface area contributed by atoms with Crippen LogP contribution >= 0.6 is 11.8 Å². The molecule has 0 bridgehead atoms. The van der Waals surface area contributed by atoms with Crippen molar-refractivity contribution in [2.45, 2.75) is 32.4 Å². The third kappa shape index (κ3) is 10.00. The second-order valence-electron chi connectivity index (χ2n) is 5.57. The molecule has 0 aliphatic rings. The molecule has 0 radical (unpaired) electrons. The van der Waals surface area contributed by atoms with Crippen LogP contribution in [0.1, 0.15) is 19.4 Å². The normalized spacial score (nSPS) is 12.7. The number of carbonyl (C=O) groups is 3. The first kappa shape index (κ1) is 21.9. The molecule has 0 saturated carbocycles. The van der Waals surface area contributed by atoms with Crippen LogP contribution in [0.3, 0.4) is 0 Å². The molecule has 9 heteroatoms. The Bertz CT molecular complexity index is 585. The first-order valence-corrected chi connectivity index (χ1v) is 9.34. The van der Waals surface area contributed by atoms with Gasteiger partial charge in [-0.2, -0.15) is 11.8 Å². The summed E-state index contributed by atoms with van der Waals surface area (Å²) in [5, 5.41) is 2.79. The summed E-state index contributed by atoms with van der Waals surface area (Å²) >= 11 is 1.36. The van der Waals surface area contributed by atoms with E-state index in [1.807, 2.05) is 12.1 Å². The fourth-order valence-electron chi connectivity index (χ4n) is 1.97. The minimum Gasteiger partial charge on any atom is -0.462 e. The Morgan fingerprint density at radius 3 is 2.50 bits per heavy atom. The monoisotopic (exact) mass is 383 g/mol. The number of thioether (sulfide) groups is 1. The van der Waals surface area contributed by atoms with E-state index in [4.69, 9.17) is 15.2 Å². The van der Waals surface area contributed by atoms with E-state index in [9.17, 15) is 14.4 Å². The Labute approximate surface area is 157 Å². The quantitative estimate of drug-likeness (QED) is 0.523. The maximum atomic E-state index is 12.0. The molecular formula is C17H25N3O5S. The Kier molecular flexibility index (Phi) is 10.3. The van der Waals surface area contributed by atoms with E-state index in [2.05, 4.69) is 10.3 Å². The van der Waals surface area contributed by atoms with Gasteiger partial charge < -0.3 is 20.5 Å². The molecule has 144 valence electrons. The largest absolute Gasteiger partial charge is 0.462 e.